The van der Waals surface area contributed by atoms with Crippen LogP contribution in [0.25, 0.3) is 0 Å². The predicted octanol–water partition coefficient (Wildman–Crippen LogP) is 0.670. The van der Waals surface area contributed by atoms with Gasteiger partial charge in [-0.05, 0) is 12.3 Å². The first-order chi connectivity index (χ1) is 3.45. The first-order valence-corrected chi connectivity index (χ1v) is 2.93. The summed E-state index contributed by atoms with van der Waals surface area (Å²) in [6, 6.07) is 0. The summed E-state index contributed by atoms with van der Waals surface area (Å²) in [5.41, 5.74) is 3.29. The quantitative estimate of drug-likeness (QED) is 0.576. The summed E-state index contributed by atoms with van der Waals surface area (Å²) < 4.78 is 0. The molecule has 2 aliphatic rings. The van der Waals surface area contributed by atoms with Crippen LogP contribution < -0.4 is 5.43 Å². The molecule has 9 heavy (non-hydrogen) atoms. The van der Waals surface area contributed by atoms with E-state index in [0.717, 1.165) is 5.92 Å². The lowest BCUT2D eigenvalue weighted by molar-refractivity contribution is 0.270. The lowest BCUT2D eigenvalue weighted by atomic mass is 10.1. The smallest absolute Gasteiger partial charge is 0.0172 e. The molecule has 0 aromatic rings. The average Bonchev–Trinajstić information content (AvgIpc) is 2.22. The van der Waals surface area contributed by atoms with Crippen LogP contribution >= 0.6 is 24.8 Å². The molecule has 2 unspecified atom stereocenters. The molecule has 2 atom stereocenters. The van der Waals surface area contributed by atoms with Gasteiger partial charge in [-0.2, -0.15) is 0 Å². The molecule has 2 saturated heterocycles. The maximum absolute atomic E-state index is 3.29. The Balaban J connectivity index is 0.000000320. The largest absolute Gasteiger partial charge is 0.255 e. The van der Waals surface area contributed by atoms with Crippen molar-refractivity contribution in [3.05, 3.63) is 0 Å². The van der Waals surface area contributed by atoms with Crippen molar-refractivity contribution in [2.45, 2.75) is 6.42 Å². The van der Waals surface area contributed by atoms with Gasteiger partial charge in [-0.1, -0.05) is 0 Å². The number of halogens is 2. The van der Waals surface area contributed by atoms with Crippen LogP contribution in [0.3, 0.4) is 0 Å². The van der Waals surface area contributed by atoms with Gasteiger partial charge in [-0.15, -0.1) is 24.8 Å². The highest BCUT2D eigenvalue weighted by atomic mass is 35.5. The zero-order valence-electron chi connectivity index (χ0n) is 5.17. The van der Waals surface area contributed by atoms with Crippen LogP contribution in [-0.2, 0) is 0 Å². The van der Waals surface area contributed by atoms with E-state index in [1.165, 1.54) is 26.1 Å². The second kappa shape index (κ2) is 3.62. The minimum Gasteiger partial charge on any atom is -0.255 e. The lowest BCUT2D eigenvalue weighted by Gasteiger charge is -2.11. The Kier molecular flexibility index (Phi) is 3.82. The van der Waals surface area contributed by atoms with Crippen molar-refractivity contribution >= 4 is 24.8 Å². The molecule has 2 rings (SSSR count). The number of nitrogens with one attached hydrogen (secondary N) is 1. The van der Waals surface area contributed by atoms with Gasteiger partial charge in [-0.25, -0.2) is 5.01 Å². The van der Waals surface area contributed by atoms with Gasteiger partial charge in [0.25, 0.3) is 0 Å². The second-order valence-corrected chi connectivity index (χ2v) is 2.46. The van der Waals surface area contributed by atoms with Gasteiger partial charge in [-0.3, -0.25) is 5.43 Å². The predicted molar refractivity (Wildman–Crippen MR) is 42.2 cm³/mol. The molecule has 0 aliphatic carbocycles. The van der Waals surface area contributed by atoms with Crippen molar-refractivity contribution < 1.29 is 0 Å². The fourth-order valence-corrected chi connectivity index (χ4v) is 1.40. The van der Waals surface area contributed by atoms with Gasteiger partial charge in [0.2, 0.25) is 0 Å². The third kappa shape index (κ3) is 1.71. The van der Waals surface area contributed by atoms with E-state index >= 15 is 0 Å². The summed E-state index contributed by atoms with van der Waals surface area (Å²) in [7, 11) is 0. The summed E-state index contributed by atoms with van der Waals surface area (Å²) in [5.74, 6) is 0.986. The van der Waals surface area contributed by atoms with Gasteiger partial charge in [0, 0.05) is 19.6 Å². The Bertz CT molecular complexity index is 71.0. The van der Waals surface area contributed by atoms with Gasteiger partial charge >= 0.3 is 0 Å². The van der Waals surface area contributed by atoms with Crippen LogP contribution in [0, 0.1) is 5.92 Å². The van der Waals surface area contributed by atoms with Crippen LogP contribution in [0.15, 0.2) is 0 Å². The van der Waals surface area contributed by atoms with E-state index in [9.17, 15) is 0 Å². The molecule has 0 saturated carbocycles. The monoisotopic (exact) mass is 170 g/mol. The molecule has 2 fully saturated rings. The zero-order chi connectivity index (χ0) is 4.69. The number of fused-ring (bicyclic) bond motifs is 2. The highest BCUT2D eigenvalue weighted by molar-refractivity contribution is 5.85. The van der Waals surface area contributed by atoms with Gasteiger partial charge in [0.05, 0.1) is 0 Å². The Morgan fingerprint density at radius 1 is 1.33 bits per heavy atom. The Morgan fingerprint density at radius 2 is 2.11 bits per heavy atom. The topological polar surface area (TPSA) is 15.3 Å². The summed E-state index contributed by atoms with van der Waals surface area (Å²) in [5, 5.41) is 2.31. The highest BCUT2D eigenvalue weighted by Crippen LogP contribution is 2.18. The SMILES string of the molecule is C1CN2CC1CN2.Cl.Cl. The van der Waals surface area contributed by atoms with Crippen molar-refractivity contribution in [2.24, 2.45) is 5.92 Å². The Hall–Kier alpha value is 0.500. The van der Waals surface area contributed by atoms with Crippen LogP contribution in [0.2, 0.25) is 0 Å². The normalized spacial score (nSPS) is 37.3. The standard InChI is InChI=1S/C5H10N2.2ClH/c1-2-7-4-5(1)3-6-7;;/h5-6H,1-4H2;2*1H. The molecule has 0 aromatic heterocycles. The highest BCUT2D eigenvalue weighted by Gasteiger charge is 2.28. The van der Waals surface area contributed by atoms with Crippen molar-refractivity contribution in [3.63, 3.8) is 0 Å². The maximum Gasteiger partial charge on any atom is 0.0172 e. The van der Waals surface area contributed by atoms with Crippen molar-refractivity contribution in [3.8, 4) is 0 Å². The Morgan fingerprint density at radius 3 is 2.22 bits per heavy atom. The van der Waals surface area contributed by atoms with E-state index in [2.05, 4.69) is 10.4 Å². The van der Waals surface area contributed by atoms with Crippen molar-refractivity contribution in [2.75, 3.05) is 19.6 Å². The van der Waals surface area contributed by atoms with E-state index in [1.54, 1.807) is 0 Å². The lowest BCUT2D eigenvalue weighted by Crippen LogP contribution is -2.31. The number of rotatable bonds is 0. The summed E-state index contributed by atoms with van der Waals surface area (Å²) in [4.78, 5) is 0. The van der Waals surface area contributed by atoms with Crippen LogP contribution in [0.5, 0.6) is 0 Å². The molecule has 0 aromatic carbocycles. The van der Waals surface area contributed by atoms with E-state index < -0.39 is 0 Å². The van der Waals surface area contributed by atoms with Crippen molar-refractivity contribution in [1.29, 1.82) is 0 Å². The maximum atomic E-state index is 3.29. The van der Waals surface area contributed by atoms with Crippen molar-refractivity contribution in [1.82, 2.24) is 10.4 Å². The molecule has 4 heteroatoms. The average molecular weight is 171 g/mol. The Labute approximate surface area is 67.8 Å². The van der Waals surface area contributed by atoms with Gasteiger partial charge in [0.15, 0.2) is 0 Å². The zero-order valence-corrected chi connectivity index (χ0v) is 6.80. The third-order valence-electron chi connectivity index (χ3n) is 1.89. The summed E-state index contributed by atoms with van der Waals surface area (Å²) >= 11 is 0. The fourth-order valence-electron chi connectivity index (χ4n) is 1.40. The molecule has 1 N–H and O–H groups in total. The van der Waals surface area contributed by atoms with E-state index in [4.69, 9.17) is 0 Å². The first kappa shape index (κ1) is 9.50. The molecule has 2 heterocycles. The molecule has 56 valence electrons. The number of hydrogen-bond acceptors (Lipinski definition) is 2. The summed E-state index contributed by atoms with van der Waals surface area (Å²) in [6.07, 6.45) is 1.42. The second-order valence-electron chi connectivity index (χ2n) is 2.46. The minimum absolute atomic E-state index is 0. The molecule has 0 spiro atoms. The van der Waals surface area contributed by atoms with Crippen LogP contribution in [-0.4, -0.2) is 24.6 Å². The number of hydrazine groups is 1. The van der Waals surface area contributed by atoms with Crippen LogP contribution in [0.4, 0.5) is 0 Å². The van der Waals surface area contributed by atoms with E-state index in [1.807, 2.05) is 0 Å². The molecule has 2 bridgehead atoms. The minimum atomic E-state index is 0. The first-order valence-electron chi connectivity index (χ1n) is 2.93. The van der Waals surface area contributed by atoms with E-state index in [0.29, 0.717) is 0 Å². The molecule has 0 amide bonds. The fraction of sp³-hybridized carbons (Fsp3) is 1.00. The molecular weight excluding hydrogens is 159 g/mol. The molecular formula is C5H12Cl2N2. The summed E-state index contributed by atoms with van der Waals surface area (Å²) in [6.45, 7) is 3.82. The molecule has 2 nitrogen and oxygen atoms in total. The van der Waals surface area contributed by atoms with Crippen LogP contribution in [0.1, 0.15) is 6.42 Å². The third-order valence-corrected chi connectivity index (χ3v) is 1.89. The van der Waals surface area contributed by atoms with E-state index in [-0.39, 0.29) is 24.8 Å². The number of hydrogen-bond donors (Lipinski definition) is 1. The molecule has 2 aliphatic heterocycles. The number of nitrogens with zero attached hydrogens (tertiary/aromatic N) is 1. The van der Waals surface area contributed by atoms with Gasteiger partial charge < -0.3 is 0 Å². The van der Waals surface area contributed by atoms with Gasteiger partial charge in [0.1, 0.15) is 0 Å². The molecule has 0 radical (unpaired) electrons.